The van der Waals surface area contributed by atoms with E-state index in [1.807, 2.05) is 77.6 Å². The van der Waals surface area contributed by atoms with E-state index in [1.54, 1.807) is 21.4 Å². The molecule has 0 atom stereocenters. The van der Waals surface area contributed by atoms with Crippen LogP contribution in [0.1, 0.15) is 64.8 Å². The van der Waals surface area contributed by atoms with E-state index in [0.717, 1.165) is 38.9 Å². The van der Waals surface area contributed by atoms with Gasteiger partial charge in [-0.25, -0.2) is 4.98 Å². The molecule has 1 aliphatic rings. The molecule has 248 valence electrons. The molecule has 0 saturated carbocycles. The Morgan fingerprint density at radius 3 is 2.26 bits per heavy atom. The zero-order valence-electron chi connectivity index (χ0n) is 36.4. The summed E-state index contributed by atoms with van der Waals surface area (Å²) in [5.74, 6) is 1.62. The molecule has 0 radical (unpaired) electrons. The van der Waals surface area contributed by atoms with Crippen molar-refractivity contribution in [2.24, 2.45) is 0 Å². The van der Waals surface area contributed by atoms with Gasteiger partial charge in [-0.2, -0.15) is 12.1 Å². The first-order valence-corrected chi connectivity index (χ1v) is 15.8. The van der Waals surface area contributed by atoms with Gasteiger partial charge in [0, 0.05) is 60.5 Å². The second-order valence-electron chi connectivity index (χ2n) is 13.0. The van der Waals surface area contributed by atoms with Crippen molar-refractivity contribution in [3.63, 3.8) is 0 Å². The van der Waals surface area contributed by atoms with Crippen LogP contribution >= 0.6 is 0 Å². The Morgan fingerprint density at radius 2 is 1.50 bits per heavy atom. The van der Waals surface area contributed by atoms with Crippen LogP contribution in [0.5, 0.6) is 11.5 Å². The van der Waals surface area contributed by atoms with Gasteiger partial charge in [0.1, 0.15) is 11.5 Å². The van der Waals surface area contributed by atoms with Crippen molar-refractivity contribution < 1.29 is 38.1 Å². The van der Waals surface area contributed by atoms with Crippen molar-refractivity contribution in [2.75, 3.05) is 0 Å². The van der Waals surface area contributed by atoms with Crippen LogP contribution in [0.2, 0.25) is 0 Å². The van der Waals surface area contributed by atoms with Crippen molar-refractivity contribution in [3.05, 3.63) is 139 Å². The van der Waals surface area contributed by atoms with Gasteiger partial charge in [0.2, 0.25) is 5.69 Å². The molecule has 4 heterocycles. The minimum absolute atomic E-state index is 0. The van der Waals surface area contributed by atoms with Gasteiger partial charge in [0.25, 0.3) is 11.4 Å². The molecule has 0 saturated heterocycles. The van der Waals surface area contributed by atoms with E-state index in [2.05, 4.69) is 50.0 Å². The van der Waals surface area contributed by atoms with Gasteiger partial charge in [-0.05, 0) is 50.1 Å². The van der Waals surface area contributed by atoms with Crippen molar-refractivity contribution >= 4 is 50.6 Å². The van der Waals surface area contributed by atoms with E-state index < -0.39 is 26.0 Å². The SMILES string of the molecule is [2H]C([2H])([2H])C(c1ccc([N+]2=C=[N+](c3[c-]c(Oc4[c-]c5c(cc4)c4ccncc4n5-c4cc(C(C)(C)C)ccn4)ccc3)c3ccccc32)cc1)(C([2H])([2H])[2H])C([2H])([2H])[2H].[Pt+2]. The summed E-state index contributed by atoms with van der Waals surface area (Å²) in [4.78, 5) is 9.15. The van der Waals surface area contributed by atoms with Crippen LogP contribution in [0, 0.1) is 12.1 Å². The quantitative estimate of drug-likeness (QED) is 0.128. The van der Waals surface area contributed by atoms with Crippen LogP contribution in [-0.4, -0.2) is 20.5 Å². The fourth-order valence-corrected chi connectivity index (χ4v) is 6.11. The van der Waals surface area contributed by atoms with E-state index in [9.17, 15) is 0 Å². The van der Waals surface area contributed by atoms with Gasteiger partial charge in [0.05, 0.1) is 11.7 Å². The summed E-state index contributed by atoms with van der Waals surface area (Å²) in [5.41, 5.74) is 1.85. The van der Waals surface area contributed by atoms with E-state index >= 15 is 0 Å². The number of aromatic nitrogens is 3. The van der Waals surface area contributed by atoms with Crippen LogP contribution in [-0.2, 0) is 31.9 Å². The van der Waals surface area contributed by atoms with E-state index in [-0.39, 0.29) is 32.0 Å². The number of pyridine rings is 2. The molecule has 0 N–H and O–H groups in total. The Hall–Kier alpha value is -5.15. The molecule has 0 fully saturated rings. The second kappa shape index (κ2) is 12.6. The van der Waals surface area contributed by atoms with Crippen molar-refractivity contribution in [1.29, 1.82) is 0 Å². The summed E-state index contributed by atoms with van der Waals surface area (Å²) in [5, 5.41) is 1.98. The minimum atomic E-state index is -3.36. The average Bonchev–Trinajstić information content (AvgIpc) is 3.70. The number of ether oxygens (including phenoxy) is 1. The second-order valence-corrected chi connectivity index (χ2v) is 13.0. The summed E-state index contributed by atoms with van der Waals surface area (Å²) in [6, 6.07) is 38.6. The summed E-state index contributed by atoms with van der Waals surface area (Å²) in [6.07, 6.45) is 5.41. The van der Waals surface area contributed by atoms with E-state index in [4.69, 9.17) is 22.1 Å². The molecule has 1 aliphatic heterocycles. The maximum atomic E-state index is 8.10. The van der Waals surface area contributed by atoms with Gasteiger partial charge in [-0.15, -0.1) is 23.6 Å². The normalized spacial score (nSPS) is 16.2. The van der Waals surface area contributed by atoms with E-state index in [1.165, 1.54) is 24.3 Å². The molecule has 0 aliphatic carbocycles. The molecule has 50 heavy (non-hydrogen) atoms. The topological polar surface area (TPSA) is 46.0 Å². The van der Waals surface area contributed by atoms with Gasteiger partial charge in [-0.1, -0.05) is 87.8 Å². The number of benzene rings is 4. The van der Waals surface area contributed by atoms with Crippen LogP contribution < -0.4 is 13.9 Å². The fourth-order valence-electron chi connectivity index (χ4n) is 6.11. The molecule has 0 unspecified atom stereocenters. The van der Waals surface area contributed by atoms with Crippen LogP contribution in [0.15, 0.2) is 116 Å². The maximum Gasteiger partial charge on any atom is 2.00 e. The van der Waals surface area contributed by atoms with Crippen LogP contribution in [0.4, 0.5) is 22.7 Å². The monoisotopic (exact) mass is 843 g/mol. The van der Waals surface area contributed by atoms with Crippen molar-refractivity contribution in [2.45, 2.75) is 52.2 Å². The first-order valence-electron chi connectivity index (χ1n) is 20.3. The molecule has 0 amide bonds. The third-order valence-corrected chi connectivity index (χ3v) is 8.63. The Morgan fingerprint density at radius 1 is 0.740 bits per heavy atom. The summed E-state index contributed by atoms with van der Waals surface area (Å²) in [7, 11) is 0. The fraction of sp³-hybridized carbons (Fsp3) is 0.186. The first kappa shape index (κ1) is 24.1. The zero-order chi connectivity index (χ0) is 41.4. The van der Waals surface area contributed by atoms with Gasteiger partial charge >= 0.3 is 27.1 Å². The molecule has 4 aromatic carbocycles. The molecule has 8 rings (SSSR count). The standard InChI is InChI=1S/C43H37N5O.Pt/c1-42(2,3)29-14-16-31(17-15-29)46-28-47(38-13-8-7-12-37(38)46)32-10-9-11-33(25-32)49-34-18-19-35-36-21-22-44-27-40(36)48(39(35)26-34)41-24-30(20-23-45-41)43(4,5)6;/h7-24,27H,1-6H3;/q;+2/i1D3,2D3,3D3;. The van der Waals surface area contributed by atoms with Crippen LogP contribution in [0.25, 0.3) is 27.6 Å². The van der Waals surface area contributed by atoms with E-state index in [0.29, 0.717) is 28.6 Å². The zero-order valence-corrected chi connectivity index (χ0v) is 29.7. The Kier molecular flexibility index (Phi) is 6.08. The van der Waals surface area contributed by atoms with Crippen molar-refractivity contribution in [1.82, 2.24) is 23.7 Å². The molecule has 7 heteroatoms. The molecule has 0 spiro atoms. The Balaban J connectivity index is 0.00000528. The maximum absolute atomic E-state index is 8.10. The third-order valence-electron chi connectivity index (χ3n) is 8.63. The first-order chi connectivity index (χ1) is 27.3. The number of rotatable bonds is 5. The molecule has 6 nitrogen and oxygen atoms in total. The van der Waals surface area contributed by atoms with Crippen molar-refractivity contribution in [3.8, 4) is 17.3 Å². The molecular formula is C43H37N5OPt+2. The van der Waals surface area contributed by atoms with Gasteiger partial charge < -0.3 is 9.30 Å². The number of para-hydroxylation sites is 2. The summed E-state index contributed by atoms with van der Waals surface area (Å²) >= 11 is 0. The number of hydrogen-bond donors (Lipinski definition) is 0. The average molecular weight is 844 g/mol. The summed E-state index contributed by atoms with van der Waals surface area (Å²) < 4.78 is 84.9. The number of hydrogen-bond acceptors (Lipinski definition) is 3. The molecular weight excluding hydrogens is 798 g/mol. The van der Waals surface area contributed by atoms with Gasteiger partial charge in [-0.3, -0.25) is 4.98 Å². The number of nitrogens with zero attached hydrogens (tertiary/aromatic N) is 5. The third kappa shape index (κ3) is 6.00. The molecule has 3 aromatic heterocycles. The number of fused-ring (bicyclic) bond motifs is 4. The summed E-state index contributed by atoms with van der Waals surface area (Å²) in [6.45, 7) is -3.60. The Bertz CT molecular complexity index is 2780. The predicted octanol–water partition coefficient (Wildman–Crippen LogP) is 10.4. The van der Waals surface area contributed by atoms with Crippen LogP contribution in [0.3, 0.4) is 0 Å². The largest absolute Gasteiger partial charge is 2.00 e. The minimum Gasteiger partial charge on any atom is -0.509 e. The molecule has 0 bridgehead atoms. The predicted molar refractivity (Wildman–Crippen MR) is 199 cm³/mol. The molecule has 7 aromatic rings. The smallest absolute Gasteiger partial charge is 0.509 e. The Labute approximate surface area is 320 Å². The van der Waals surface area contributed by atoms with Gasteiger partial charge in [0.15, 0.2) is 0 Å².